The van der Waals surface area contributed by atoms with Crippen molar-refractivity contribution in [1.82, 2.24) is 0 Å². The molecule has 6 heteroatoms. The number of benzene rings is 1. The molecule has 21 heavy (non-hydrogen) atoms. The zero-order chi connectivity index (χ0) is 15.6. The normalized spacial score (nSPS) is 18.2. The Labute approximate surface area is 122 Å². The van der Waals surface area contributed by atoms with Crippen LogP contribution in [0.15, 0.2) is 40.5 Å². The van der Waals surface area contributed by atoms with Gasteiger partial charge in [-0.1, -0.05) is 12.1 Å². The lowest BCUT2D eigenvalue weighted by Crippen LogP contribution is -2.20. The number of rotatable bonds is 3. The van der Waals surface area contributed by atoms with Crippen molar-refractivity contribution < 1.29 is 14.5 Å². The van der Waals surface area contributed by atoms with Gasteiger partial charge in [-0.2, -0.15) is 0 Å². The van der Waals surface area contributed by atoms with Gasteiger partial charge in [0, 0.05) is 29.5 Å². The zero-order valence-corrected chi connectivity index (χ0v) is 12.1. The number of methoxy groups -OCH3 is 1. The number of carbonyl (C=O) groups is 1. The van der Waals surface area contributed by atoms with Gasteiger partial charge in [-0.25, -0.2) is 4.79 Å². The Morgan fingerprint density at radius 2 is 2.14 bits per heavy atom. The molecule has 2 rings (SSSR count). The van der Waals surface area contributed by atoms with Crippen LogP contribution in [0.5, 0.6) is 0 Å². The molecule has 0 radical (unpaired) electrons. The number of nitrogens with zero attached hydrogens (tertiary/aromatic N) is 2. The van der Waals surface area contributed by atoms with Gasteiger partial charge in [-0.3, -0.25) is 15.1 Å². The van der Waals surface area contributed by atoms with E-state index in [2.05, 4.69) is 4.99 Å². The number of ether oxygens (including phenoxy) is 1. The van der Waals surface area contributed by atoms with Crippen molar-refractivity contribution in [1.29, 1.82) is 0 Å². The number of allylic oxidation sites excluding steroid dienone is 1. The number of esters is 1. The van der Waals surface area contributed by atoms with Crippen LogP contribution in [0, 0.1) is 10.1 Å². The van der Waals surface area contributed by atoms with Crippen molar-refractivity contribution in [2.45, 2.75) is 26.2 Å². The van der Waals surface area contributed by atoms with E-state index in [4.69, 9.17) is 4.74 Å². The molecule has 0 spiro atoms. The molecule has 0 aromatic heterocycles. The van der Waals surface area contributed by atoms with E-state index in [0.29, 0.717) is 17.7 Å². The van der Waals surface area contributed by atoms with E-state index in [1.807, 2.05) is 6.92 Å². The Bertz CT molecular complexity index is 661. The Hall–Kier alpha value is -2.50. The van der Waals surface area contributed by atoms with Crippen molar-refractivity contribution in [2.24, 2.45) is 4.99 Å². The second-order valence-corrected chi connectivity index (χ2v) is 4.95. The second kappa shape index (κ2) is 5.87. The molecule has 6 nitrogen and oxygen atoms in total. The van der Waals surface area contributed by atoms with E-state index < -0.39 is 10.9 Å². The van der Waals surface area contributed by atoms with Crippen LogP contribution in [0.2, 0.25) is 0 Å². The number of hydrogen-bond donors (Lipinski definition) is 0. The molecule has 0 aliphatic carbocycles. The van der Waals surface area contributed by atoms with Gasteiger partial charge in [0.2, 0.25) is 0 Å². The zero-order valence-electron chi connectivity index (χ0n) is 12.1. The second-order valence-electron chi connectivity index (χ2n) is 4.95. The van der Waals surface area contributed by atoms with Crippen LogP contribution in [0.4, 0.5) is 5.69 Å². The Balaban J connectivity index is 2.51. The fourth-order valence-corrected chi connectivity index (χ4v) is 2.58. The largest absolute Gasteiger partial charge is 0.466 e. The highest BCUT2D eigenvalue weighted by molar-refractivity contribution is 5.96. The van der Waals surface area contributed by atoms with Crippen molar-refractivity contribution in [3.63, 3.8) is 0 Å². The molecule has 0 saturated carbocycles. The summed E-state index contributed by atoms with van der Waals surface area (Å²) in [6.07, 6.45) is 0.545. The fraction of sp³-hybridized carbons (Fsp3) is 0.333. The third kappa shape index (κ3) is 2.99. The molecule has 0 N–H and O–H groups in total. The van der Waals surface area contributed by atoms with Gasteiger partial charge in [0.05, 0.1) is 17.6 Å². The lowest BCUT2D eigenvalue weighted by atomic mass is 9.84. The smallest absolute Gasteiger partial charge is 0.336 e. The van der Waals surface area contributed by atoms with Crippen LogP contribution in [-0.4, -0.2) is 23.7 Å². The van der Waals surface area contributed by atoms with E-state index in [1.54, 1.807) is 19.1 Å². The predicted octanol–water partition coefficient (Wildman–Crippen LogP) is 2.99. The molecular formula is C15H16N2O4. The van der Waals surface area contributed by atoms with Crippen molar-refractivity contribution in [3.8, 4) is 0 Å². The first-order valence-electron chi connectivity index (χ1n) is 6.51. The summed E-state index contributed by atoms with van der Waals surface area (Å²) in [6, 6.07) is 6.34. The number of nitro groups is 1. The maximum Gasteiger partial charge on any atom is 0.336 e. The van der Waals surface area contributed by atoms with E-state index in [-0.39, 0.29) is 11.6 Å². The van der Waals surface area contributed by atoms with Gasteiger partial charge in [0.15, 0.2) is 0 Å². The molecule has 1 heterocycles. The van der Waals surface area contributed by atoms with E-state index >= 15 is 0 Å². The fourth-order valence-electron chi connectivity index (χ4n) is 2.58. The van der Waals surface area contributed by atoms with Gasteiger partial charge in [0.25, 0.3) is 5.69 Å². The first-order chi connectivity index (χ1) is 9.93. The summed E-state index contributed by atoms with van der Waals surface area (Å²) in [5, 5.41) is 10.9. The van der Waals surface area contributed by atoms with Crippen LogP contribution in [0.25, 0.3) is 0 Å². The molecule has 1 aromatic carbocycles. The number of carbonyl (C=O) groups excluding carboxylic acids is 1. The average molecular weight is 288 g/mol. The average Bonchev–Trinajstić information content (AvgIpc) is 2.45. The molecule has 0 bridgehead atoms. The highest BCUT2D eigenvalue weighted by Crippen LogP contribution is 2.36. The standard InChI is InChI=1S/C15H16N2O4/c1-9-7-13(14(10(2)16-9)15(18)21-3)11-5-4-6-12(8-11)17(19)20/h4-6,8,13H,7H2,1-3H3. The molecule has 1 aliphatic rings. The number of hydrogen-bond acceptors (Lipinski definition) is 5. The molecule has 0 fully saturated rings. The minimum atomic E-state index is -0.444. The summed E-state index contributed by atoms with van der Waals surface area (Å²) < 4.78 is 4.82. The van der Waals surface area contributed by atoms with Gasteiger partial charge in [-0.15, -0.1) is 0 Å². The minimum absolute atomic E-state index is 0.00883. The van der Waals surface area contributed by atoms with Gasteiger partial charge in [-0.05, 0) is 25.8 Å². The first-order valence-corrected chi connectivity index (χ1v) is 6.51. The van der Waals surface area contributed by atoms with E-state index in [0.717, 1.165) is 11.3 Å². The van der Waals surface area contributed by atoms with Crippen LogP contribution >= 0.6 is 0 Å². The van der Waals surface area contributed by atoms with Crippen LogP contribution in [0.1, 0.15) is 31.7 Å². The highest BCUT2D eigenvalue weighted by atomic mass is 16.6. The number of nitro benzene ring substituents is 1. The molecule has 1 unspecified atom stereocenters. The Morgan fingerprint density at radius 3 is 2.76 bits per heavy atom. The quantitative estimate of drug-likeness (QED) is 0.486. The lowest BCUT2D eigenvalue weighted by Gasteiger charge is -2.24. The minimum Gasteiger partial charge on any atom is -0.466 e. The molecule has 0 amide bonds. The Kier molecular flexibility index (Phi) is 4.16. The molecular weight excluding hydrogens is 272 g/mol. The maximum absolute atomic E-state index is 12.0. The molecule has 1 atom stereocenters. The molecule has 110 valence electrons. The summed E-state index contributed by atoms with van der Waals surface area (Å²) in [5.74, 6) is -0.713. The predicted molar refractivity (Wildman–Crippen MR) is 78.3 cm³/mol. The van der Waals surface area contributed by atoms with Crippen molar-refractivity contribution >= 4 is 17.4 Å². The third-order valence-corrected chi connectivity index (χ3v) is 3.49. The maximum atomic E-state index is 12.0. The highest BCUT2D eigenvalue weighted by Gasteiger charge is 2.30. The van der Waals surface area contributed by atoms with Crippen LogP contribution < -0.4 is 0 Å². The molecule has 0 saturated heterocycles. The van der Waals surface area contributed by atoms with Crippen LogP contribution in [0.3, 0.4) is 0 Å². The molecule has 1 aliphatic heterocycles. The first kappa shape index (κ1) is 14.9. The van der Waals surface area contributed by atoms with Gasteiger partial charge < -0.3 is 4.74 Å². The lowest BCUT2D eigenvalue weighted by molar-refractivity contribution is -0.384. The summed E-state index contributed by atoms with van der Waals surface area (Å²) in [7, 11) is 1.32. The van der Waals surface area contributed by atoms with Crippen molar-refractivity contribution in [2.75, 3.05) is 7.11 Å². The number of aliphatic imine (C=N–C) groups is 1. The topological polar surface area (TPSA) is 81.8 Å². The SMILES string of the molecule is COC(=O)C1=C(C)N=C(C)CC1c1cccc([N+](=O)[O-])c1. The summed E-state index contributed by atoms with van der Waals surface area (Å²) in [5.41, 5.74) is 2.68. The van der Waals surface area contributed by atoms with Crippen molar-refractivity contribution in [3.05, 3.63) is 51.2 Å². The van der Waals surface area contributed by atoms with Crippen LogP contribution in [-0.2, 0) is 9.53 Å². The summed E-state index contributed by atoms with van der Waals surface area (Å²) >= 11 is 0. The Morgan fingerprint density at radius 1 is 1.43 bits per heavy atom. The van der Waals surface area contributed by atoms with Gasteiger partial charge in [0.1, 0.15) is 0 Å². The van der Waals surface area contributed by atoms with Gasteiger partial charge >= 0.3 is 5.97 Å². The summed E-state index contributed by atoms with van der Waals surface area (Å²) in [6.45, 7) is 3.63. The van der Waals surface area contributed by atoms with E-state index in [9.17, 15) is 14.9 Å². The third-order valence-electron chi connectivity index (χ3n) is 3.49. The van der Waals surface area contributed by atoms with E-state index in [1.165, 1.54) is 19.2 Å². The number of non-ortho nitro benzene ring substituents is 1. The monoisotopic (exact) mass is 288 g/mol. The molecule has 1 aromatic rings. The summed E-state index contributed by atoms with van der Waals surface area (Å²) in [4.78, 5) is 26.8.